The molecule has 0 unspecified atom stereocenters. The van der Waals surface area contributed by atoms with Gasteiger partial charge in [0.25, 0.3) is 0 Å². The molecule has 1 heteroatoms. The minimum atomic E-state index is 0.813. The lowest BCUT2D eigenvalue weighted by molar-refractivity contribution is 0.139. The fourth-order valence-corrected chi connectivity index (χ4v) is 2.69. The number of hydrogen-bond donors (Lipinski definition) is 0. The van der Waals surface area contributed by atoms with Crippen LogP contribution in [0.25, 0.3) is 0 Å². The van der Waals surface area contributed by atoms with Gasteiger partial charge in [-0.05, 0) is 44.2 Å². The van der Waals surface area contributed by atoms with E-state index in [0.29, 0.717) is 0 Å². The van der Waals surface area contributed by atoms with Gasteiger partial charge in [-0.25, -0.2) is 0 Å². The molecular formula is C11H21N. The van der Waals surface area contributed by atoms with Crippen molar-refractivity contribution >= 4 is 0 Å². The van der Waals surface area contributed by atoms with Crippen LogP contribution < -0.4 is 0 Å². The maximum Gasteiger partial charge on any atom is 0.00384 e. The summed E-state index contributed by atoms with van der Waals surface area (Å²) >= 11 is 0. The van der Waals surface area contributed by atoms with E-state index in [-0.39, 0.29) is 0 Å². The third-order valence-corrected chi connectivity index (χ3v) is 3.76. The number of likely N-dealkylation sites (tertiary alicyclic amines) is 1. The molecule has 1 saturated carbocycles. The predicted molar refractivity (Wildman–Crippen MR) is 52.2 cm³/mol. The zero-order chi connectivity index (χ0) is 8.44. The summed E-state index contributed by atoms with van der Waals surface area (Å²) in [5, 5.41) is 0. The molecule has 2 rings (SSSR count). The normalized spacial score (nSPS) is 27.8. The molecule has 0 amide bonds. The van der Waals surface area contributed by atoms with E-state index in [1.807, 2.05) is 0 Å². The Labute approximate surface area is 76.1 Å². The van der Waals surface area contributed by atoms with Gasteiger partial charge in [0.2, 0.25) is 0 Å². The van der Waals surface area contributed by atoms with Crippen molar-refractivity contribution in [2.75, 3.05) is 19.6 Å². The van der Waals surface area contributed by atoms with Gasteiger partial charge in [0.15, 0.2) is 0 Å². The van der Waals surface area contributed by atoms with Crippen molar-refractivity contribution in [3.63, 3.8) is 0 Å². The van der Waals surface area contributed by atoms with Gasteiger partial charge >= 0.3 is 0 Å². The van der Waals surface area contributed by atoms with E-state index in [2.05, 4.69) is 11.8 Å². The maximum absolute atomic E-state index is 2.68. The van der Waals surface area contributed by atoms with Gasteiger partial charge in [-0.1, -0.05) is 19.8 Å². The molecule has 0 aromatic heterocycles. The highest BCUT2D eigenvalue weighted by atomic mass is 15.2. The fourth-order valence-electron chi connectivity index (χ4n) is 2.69. The van der Waals surface area contributed by atoms with E-state index >= 15 is 0 Å². The van der Waals surface area contributed by atoms with Crippen molar-refractivity contribution in [1.29, 1.82) is 0 Å². The minimum Gasteiger partial charge on any atom is -0.303 e. The van der Waals surface area contributed by atoms with Crippen LogP contribution in [0.4, 0.5) is 0 Å². The lowest BCUT2D eigenvalue weighted by Gasteiger charge is -2.38. The molecule has 2 aliphatic rings. The van der Waals surface area contributed by atoms with E-state index in [4.69, 9.17) is 0 Å². The molecule has 70 valence electrons. The summed E-state index contributed by atoms with van der Waals surface area (Å²) < 4.78 is 0. The van der Waals surface area contributed by atoms with Crippen LogP contribution in [0.3, 0.4) is 0 Å². The molecule has 1 spiro atoms. The molecule has 1 aliphatic carbocycles. The average molecular weight is 167 g/mol. The lowest BCUT2D eigenvalue weighted by Crippen LogP contribution is -2.33. The first-order valence-electron chi connectivity index (χ1n) is 5.57. The first-order chi connectivity index (χ1) is 5.85. The summed E-state index contributed by atoms with van der Waals surface area (Å²) in [6.45, 7) is 6.46. The molecule has 1 nitrogen and oxygen atoms in total. The molecule has 1 heterocycles. The van der Waals surface area contributed by atoms with Crippen molar-refractivity contribution in [2.24, 2.45) is 5.41 Å². The largest absolute Gasteiger partial charge is 0.303 e. The summed E-state index contributed by atoms with van der Waals surface area (Å²) in [5.74, 6) is 0. The van der Waals surface area contributed by atoms with Crippen molar-refractivity contribution in [1.82, 2.24) is 4.90 Å². The Kier molecular flexibility index (Phi) is 2.40. The average Bonchev–Trinajstić information content (AvgIpc) is 2.44. The van der Waals surface area contributed by atoms with Crippen molar-refractivity contribution in [3.05, 3.63) is 0 Å². The van der Waals surface area contributed by atoms with Crippen molar-refractivity contribution in [2.45, 2.75) is 45.4 Å². The molecule has 1 saturated heterocycles. The Balaban J connectivity index is 1.74. The van der Waals surface area contributed by atoms with Crippen LogP contribution in [0, 0.1) is 5.41 Å². The summed E-state index contributed by atoms with van der Waals surface area (Å²) in [5.41, 5.74) is 0.813. The smallest absolute Gasteiger partial charge is 0.00384 e. The highest BCUT2D eigenvalue weighted by molar-refractivity contribution is 4.95. The first kappa shape index (κ1) is 8.55. The Hall–Kier alpha value is -0.0400. The van der Waals surface area contributed by atoms with E-state index < -0.39 is 0 Å². The molecule has 0 atom stereocenters. The molecule has 0 radical (unpaired) electrons. The second kappa shape index (κ2) is 3.37. The van der Waals surface area contributed by atoms with Crippen LogP contribution in [0.2, 0.25) is 0 Å². The number of nitrogens with zero attached hydrogens (tertiary/aromatic N) is 1. The van der Waals surface area contributed by atoms with E-state index in [0.717, 1.165) is 5.41 Å². The van der Waals surface area contributed by atoms with Gasteiger partial charge in [-0.2, -0.15) is 0 Å². The first-order valence-corrected chi connectivity index (χ1v) is 5.57. The van der Waals surface area contributed by atoms with Gasteiger partial charge in [0, 0.05) is 6.54 Å². The molecule has 0 N–H and O–H groups in total. The maximum atomic E-state index is 2.68. The molecule has 0 aromatic carbocycles. The number of hydrogen-bond acceptors (Lipinski definition) is 1. The van der Waals surface area contributed by atoms with Crippen LogP contribution in [0.15, 0.2) is 0 Å². The molecule has 2 fully saturated rings. The van der Waals surface area contributed by atoms with E-state index in [1.54, 1.807) is 0 Å². The summed E-state index contributed by atoms with van der Waals surface area (Å²) in [4.78, 5) is 2.68. The van der Waals surface area contributed by atoms with Gasteiger partial charge in [0.05, 0.1) is 0 Å². The topological polar surface area (TPSA) is 3.24 Å². The highest BCUT2D eigenvalue weighted by Crippen LogP contribution is 2.47. The Morgan fingerprint density at radius 1 is 1.25 bits per heavy atom. The van der Waals surface area contributed by atoms with Crippen molar-refractivity contribution < 1.29 is 0 Å². The number of rotatable bonds is 3. The predicted octanol–water partition coefficient (Wildman–Crippen LogP) is 2.66. The third-order valence-electron chi connectivity index (χ3n) is 3.76. The highest BCUT2D eigenvalue weighted by Gasteiger charge is 2.42. The Morgan fingerprint density at radius 3 is 2.58 bits per heavy atom. The molecule has 0 aromatic rings. The van der Waals surface area contributed by atoms with Crippen molar-refractivity contribution in [3.8, 4) is 0 Å². The monoisotopic (exact) mass is 167 g/mol. The minimum absolute atomic E-state index is 0.813. The Bertz CT molecular complexity index is 147. The zero-order valence-corrected chi connectivity index (χ0v) is 8.31. The van der Waals surface area contributed by atoms with Crippen LogP contribution in [0.5, 0.6) is 0 Å². The standard InChI is InChI=1S/C11H21N/c1-2-3-8-12-9-7-11(10-12)5-4-6-11/h2-10H2,1H3. The van der Waals surface area contributed by atoms with E-state index in [1.165, 1.54) is 58.2 Å². The molecule has 1 aliphatic heterocycles. The van der Waals surface area contributed by atoms with Crippen LogP contribution in [-0.2, 0) is 0 Å². The SMILES string of the molecule is CCCCN1CCC2(CCC2)C1. The van der Waals surface area contributed by atoms with Crippen LogP contribution in [0.1, 0.15) is 45.4 Å². The van der Waals surface area contributed by atoms with Crippen LogP contribution in [-0.4, -0.2) is 24.5 Å². The molecule has 12 heavy (non-hydrogen) atoms. The number of unbranched alkanes of at least 4 members (excludes halogenated alkanes) is 1. The molecule has 0 bridgehead atoms. The quantitative estimate of drug-likeness (QED) is 0.624. The zero-order valence-electron chi connectivity index (χ0n) is 8.31. The van der Waals surface area contributed by atoms with E-state index in [9.17, 15) is 0 Å². The second-order valence-corrected chi connectivity index (χ2v) is 4.73. The van der Waals surface area contributed by atoms with Crippen LogP contribution >= 0.6 is 0 Å². The molecular weight excluding hydrogens is 146 g/mol. The van der Waals surface area contributed by atoms with Gasteiger partial charge < -0.3 is 4.90 Å². The van der Waals surface area contributed by atoms with Gasteiger partial charge in [-0.15, -0.1) is 0 Å². The second-order valence-electron chi connectivity index (χ2n) is 4.73. The fraction of sp³-hybridized carbons (Fsp3) is 1.00. The summed E-state index contributed by atoms with van der Waals surface area (Å²) in [6.07, 6.45) is 8.79. The van der Waals surface area contributed by atoms with Gasteiger partial charge in [0.1, 0.15) is 0 Å². The summed E-state index contributed by atoms with van der Waals surface area (Å²) in [6, 6.07) is 0. The Morgan fingerprint density at radius 2 is 2.08 bits per heavy atom. The lowest BCUT2D eigenvalue weighted by atomic mass is 9.68. The van der Waals surface area contributed by atoms with Gasteiger partial charge in [-0.3, -0.25) is 0 Å². The summed E-state index contributed by atoms with van der Waals surface area (Å²) in [7, 11) is 0. The third kappa shape index (κ3) is 1.52.